The van der Waals surface area contributed by atoms with Gasteiger partial charge in [-0.05, 0) is 42.0 Å². The zero-order valence-corrected chi connectivity index (χ0v) is 13.9. The van der Waals surface area contributed by atoms with Crippen molar-refractivity contribution in [3.8, 4) is 11.5 Å². The lowest BCUT2D eigenvalue weighted by molar-refractivity contribution is 0.355. The van der Waals surface area contributed by atoms with Crippen LogP contribution in [-0.4, -0.2) is 19.3 Å². The highest BCUT2D eigenvalue weighted by atomic mass is 35.5. The molecule has 2 rings (SSSR count). The summed E-state index contributed by atoms with van der Waals surface area (Å²) < 4.78 is 10.5. The van der Waals surface area contributed by atoms with Gasteiger partial charge in [0.15, 0.2) is 16.6 Å². The third-order valence-corrected chi connectivity index (χ3v) is 3.47. The number of ether oxygens (including phenoxy) is 2. The molecule has 2 aromatic rings. The Kier molecular flexibility index (Phi) is 5.86. The minimum absolute atomic E-state index is 0.521. The van der Waals surface area contributed by atoms with Gasteiger partial charge in [0.1, 0.15) is 0 Å². The van der Waals surface area contributed by atoms with E-state index in [0.29, 0.717) is 28.2 Å². The van der Waals surface area contributed by atoms with E-state index in [4.69, 9.17) is 33.3 Å². The minimum atomic E-state index is 0.521. The Morgan fingerprint density at radius 3 is 2.55 bits per heavy atom. The second kappa shape index (κ2) is 7.87. The van der Waals surface area contributed by atoms with Crippen molar-refractivity contribution in [3.63, 3.8) is 0 Å². The van der Waals surface area contributed by atoms with Gasteiger partial charge in [-0.3, -0.25) is 0 Å². The van der Waals surface area contributed by atoms with Crippen molar-refractivity contribution in [2.45, 2.75) is 6.54 Å². The average molecular weight is 337 g/mol. The van der Waals surface area contributed by atoms with E-state index >= 15 is 0 Å². The van der Waals surface area contributed by atoms with Gasteiger partial charge in [0.05, 0.1) is 14.2 Å². The first kappa shape index (κ1) is 16.4. The lowest BCUT2D eigenvalue weighted by atomic mass is 10.2. The molecule has 2 aromatic carbocycles. The summed E-state index contributed by atoms with van der Waals surface area (Å²) in [5.41, 5.74) is 1.88. The maximum Gasteiger partial charge on any atom is 0.171 e. The summed E-state index contributed by atoms with van der Waals surface area (Å²) in [7, 11) is 3.19. The highest BCUT2D eigenvalue weighted by Gasteiger charge is 2.05. The number of benzene rings is 2. The first-order valence-electron chi connectivity index (χ1n) is 6.63. The zero-order valence-electron chi connectivity index (χ0n) is 12.4. The molecular formula is C16H17ClN2O2S. The van der Waals surface area contributed by atoms with Gasteiger partial charge < -0.3 is 20.1 Å². The molecule has 0 saturated carbocycles. The van der Waals surface area contributed by atoms with Crippen LogP contribution in [0.15, 0.2) is 42.5 Å². The van der Waals surface area contributed by atoms with Crippen LogP contribution < -0.4 is 20.1 Å². The maximum atomic E-state index is 5.95. The molecule has 2 N–H and O–H groups in total. The quantitative estimate of drug-likeness (QED) is 0.812. The third-order valence-electron chi connectivity index (χ3n) is 2.98. The predicted molar refractivity (Wildman–Crippen MR) is 94.1 cm³/mol. The Bertz CT molecular complexity index is 664. The van der Waals surface area contributed by atoms with Crippen LogP contribution in [-0.2, 0) is 6.54 Å². The van der Waals surface area contributed by atoms with Crippen molar-refractivity contribution in [2.75, 3.05) is 19.5 Å². The van der Waals surface area contributed by atoms with E-state index in [1.54, 1.807) is 14.2 Å². The number of hydrogen-bond acceptors (Lipinski definition) is 3. The van der Waals surface area contributed by atoms with Crippen molar-refractivity contribution in [1.29, 1.82) is 0 Å². The van der Waals surface area contributed by atoms with E-state index in [0.717, 1.165) is 11.3 Å². The number of rotatable bonds is 5. The van der Waals surface area contributed by atoms with E-state index in [2.05, 4.69) is 10.6 Å². The molecule has 116 valence electrons. The van der Waals surface area contributed by atoms with Crippen LogP contribution in [0.3, 0.4) is 0 Å². The third kappa shape index (κ3) is 4.51. The molecule has 0 aromatic heterocycles. The Hall–Kier alpha value is -1.98. The van der Waals surface area contributed by atoms with Gasteiger partial charge in [0.2, 0.25) is 0 Å². The Morgan fingerprint density at radius 2 is 1.86 bits per heavy atom. The molecule has 0 bridgehead atoms. The Balaban J connectivity index is 1.94. The Labute approximate surface area is 140 Å². The molecule has 0 heterocycles. The number of methoxy groups -OCH3 is 2. The Morgan fingerprint density at radius 1 is 1.09 bits per heavy atom. The molecule has 22 heavy (non-hydrogen) atoms. The fraction of sp³-hybridized carbons (Fsp3) is 0.188. The van der Waals surface area contributed by atoms with Crippen molar-refractivity contribution < 1.29 is 9.47 Å². The van der Waals surface area contributed by atoms with Gasteiger partial charge in [-0.25, -0.2) is 0 Å². The molecule has 0 saturated heterocycles. The van der Waals surface area contributed by atoms with Crippen LogP contribution in [0, 0.1) is 0 Å². The molecule has 0 radical (unpaired) electrons. The van der Waals surface area contributed by atoms with Crippen LogP contribution in [0.5, 0.6) is 11.5 Å². The molecular weight excluding hydrogens is 320 g/mol. The summed E-state index contributed by atoms with van der Waals surface area (Å²) >= 11 is 11.2. The molecule has 0 aliphatic heterocycles. The summed E-state index contributed by atoms with van der Waals surface area (Å²) in [6, 6.07) is 13.1. The monoisotopic (exact) mass is 336 g/mol. The summed E-state index contributed by atoms with van der Waals surface area (Å²) in [4.78, 5) is 0. The van der Waals surface area contributed by atoms with E-state index in [9.17, 15) is 0 Å². The highest BCUT2D eigenvalue weighted by molar-refractivity contribution is 7.80. The predicted octanol–water partition coefficient (Wildman–Crippen LogP) is 3.84. The van der Waals surface area contributed by atoms with Crippen molar-refractivity contribution in [2.24, 2.45) is 0 Å². The van der Waals surface area contributed by atoms with Crippen LogP contribution in [0.2, 0.25) is 5.02 Å². The van der Waals surface area contributed by atoms with Crippen molar-refractivity contribution in [1.82, 2.24) is 5.32 Å². The first-order chi connectivity index (χ1) is 10.6. The number of halogens is 1. The summed E-state index contributed by atoms with van der Waals surface area (Å²) in [6.07, 6.45) is 0. The van der Waals surface area contributed by atoms with Gasteiger partial charge >= 0.3 is 0 Å². The van der Waals surface area contributed by atoms with Gasteiger partial charge in [-0.1, -0.05) is 23.7 Å². The minimum Gasteiger partial charge on any atom is -0.493 e. The van der Waals surface area contributed by atoms with E-state index < -0.39 is 0 Å². The average Bonchev–Trinajstić information content (AvgIpc) is 2.53. The van der Waals surface area contributed by atoms with Gasteiger partial charge in [0.25, 0.3) is 0 Å². The second-order valence-corrected chi connectivity index (χ2v) is 5.35. The molecule has 0 unspecified atom stereocenters. The van der Waals surface area contributed by atoms with Crippen LogP contribution >= 0.6 is 23.8 Å². The molecule has 4 nitrogen and oxygen atoms in total. The highest BCUT2D eigenvalue weighted by Crippen LogP contribution is 2.29. The second-order valence-electron chi connectivity index (χ2n) is 4.51. The van der Waals surface area contributed by atoms with Crippen LogP contribution in [0.4, 0.5) is 5.69 Å². The fourth-order valence-electron chi connectivity index (χ4n) is 1.92. The number of anilines is 1. The van der Waals surface area contributed by atoms with E-state index in [1.807, 2.05) is 42.5 Å². The maximum absolute atomic E-state index is 5.95. The molecule has 0 spiro atoms. The van der Waals surface area contributed by atoms with Crippen LogP contribution in [0.25, 0.3) is 0 Å². The fourth-order valence-corrected chi connectivity index (χ4v) is 2.32. The zero-order chi connectivity index (χ0) is 15.9. The number of hydrogen-bond donors (Lipinski definition) is 2. The normalized spacial score (nSPS) is 9.95. The van der Waals surface area contributed by atoms with Gasteiger partial charge in [-0.15, -0.1) is 0 Å². The van der Waals surface area contributed by atoms with E-state index in [-0.39, 0.29) is 0 Å². The topological polar surface area (TPSA) is 42.5 Å². The molecule has 0 aliphatic rings. The van der Waals surface area contributed by atoms with Gasteiger partial charge in [0, 0.05) is 23.3 Å². The molecule has 0 amide bonds. The number of thiocarbonyl (C=S) groups is 1. The van der Waals surface area contributed by atoms with Gasteiger partial charge in [-0.2, -0.15) is 0 Å². The van der Waals surface area contributed by atoms with E-state index in [1.165, 1.54) is 0 Å². The largest absolute Gasteiger partial charge is 0.493 e. The summed E-state index contributed by atoms with van der Waals surface area (Å²) in [5, 5.41) is 7.46. The summed E-state index contributed by atoms with van der Waals surface area (Å²) in [5.74, 6) is 1.32. The van der Waals surface area contributed by atoms with Crippen molar-refractivity contribution >= 4 is 34.6 Å². The molecule has 0 fully saturated rings. The molecule has 6 heteroatoms. The molecule has 0 aliphatic carbocycles. The van der Waals surface area contributed by atoms with Crippen molar-refractivity contribution in [3.05, 3.63) is 53.1 Å². The SMILES string of the molecule is COc1ccc(NC(=S)NCc2cccc(Cl)c2)cc1OC. The first-order valence-corrected chi connectivity index (χ1v) is 7.42. The number of nitrogens with one attached hydrogen (secondary N) is 2. The molecule has 0 atom stereocenters. The lowest BCUT2D eigenvalue weighted by Crippen LogP contribution is -2.27. The smallest absolute Gasteiger partial charge is 0.171 e. The summed E-state index contributed by atoms with van der Waals surface area (Å²) in [6.45, 7) is 0.597. The lowest BCUT2D eigenvalue weighted by Gasteiger charge is -2.13. The van der Waals surface area contributed by atoms with Crippen LogP contribution in [0.1, 0.15) is 5.56 Å². The standard InChI is InChI=1S/C16H17ClN2O2S/c1-20-14-7-6-13(9-15(14)21-2)19-16(22)18-10-11-4-3-5-12(17)8-11/h3-9H,10H2,1-2H3,(H2,18,19,22).